The summed E-state index contributed by atoms with van der Waals surface area (Å²) in [5, 5.41) is 1.90. The molecule has 0 saturated heterocycles. The van der Waals surface area contributed by atoms with E-state index in [1.165, 1.54) is 18.2 Å². The Labute approximate surface area is 175 Å². The molecule has 2 atom stereocenters. The SMILES string of the molecule is CC[C@@H](C)[C@@H](C(=O)Nc1ccc(Cl)c(C(F)(F)F)c1)N1C(=O)c2ccccc2C1=O. The number of nitrogens with one attached hydrogen (secondary N) is 1. The van der Waals surface area contributed by atoms with Crippen molar-refractivity contribution >= 4 is 35.0 Å². The van der Waals surface area contributed by atoms with Crippen LogP contribution >= 0.6 is 11.6 Å². The Bertz CT molecular complexity index is 988. The minimum Gasteiger partial charge on any atom is -0.324 e. The maximum Gasteiger partial charge on any atom is 0.417 e. The van der Waals surface area contributed by atoms with Crippen molar-refractivity contribution in [3.8, 4) is 0 Å². The number of alkyl halides is 3. The number of carbonyl (C=O) groups excluding carboxylic acids is 3. The Hall–Kier alpha value is -2.87. The van der Waals surface area contributed by atoms with Gasteiger partial charge in [0.05, 0.1) is 21.7 Å². The zero-order valence-corrected chi connectivity index (χ0v) is 16.8. The van der Waals surface area contributed by atoms with Crippen molar-refractivity contribution in [1.29, 1.82) is 0 Å². The first kappa shape index (κ1) is 21.8. The van der Waals surface area contributed by atoms with E-state index in [4.69, 9.17) is 11.6 Å². The van der Waals surface area contributed by atoms with Crippen LogP contribution in [-0.2, 0) is 11.0 Å². The molecule has 3 amide bonds. The summed E-state index contributed by atoms with van der Waals surface area (Å²) in [5.41, 5.74) is -0.853. The Morgan fingerprint density at radius 2 is 1.67 bits per heavy atom. The molecule has 2 aromatic carbocycles. The second-order valence-corrected chi connectivity index (χ2v) is 7.45. The normalized spacial score (nSPS) is 15.7. The van der Waals surface area contributed by atoms with Gasteiger partial charge < -0.3 is 5.32 Å². The van der Waals surface area contributed by atoms with Gasteiger partial charge in [-0.1, -0.05) is 44.0 Å². The molecule has 9 heteroatoms. The molecule has 0 aliphatic carbocycles. The van der Waals surface area contributed by atoms with E-state index in [2.05, 4.69) is 5.32 Å². The van der Waals surface area contributed by atoms with Crippen LogP contribution in [0.4, 0.5) is 18.9 Å². The Morgan fingerprint density at radius 3 is 2.17 bits per heavy atom. The van der Waals surface area contributed by atoms with Gasteiger partial charge in [0.15, 0.2) is 0 Å². The first-order valence-electron chi connectivity index (χ1n) is 9.20. The minimum absolute atomic E-state index is 0.137. The van der Waals surface area contributed by atoms with Crippen LogP contribution in [0.2, 0.25) is 5.02 Å². The van der Waals surface area contributed by atoms with Crippen LogP contribution in [0.5, 0.6) is 0 Å². The molecule has 0 bridgehead atoms. The number of carbonyl (C=O) groups is 3. The molecule has 158 valence electrons. The number of amides is 3. The summed E-state index contributed by atoms with van der Waals surface area (Å²) in [6.45, 7) is 3.48. The van der Waals surface area contributed by atoms with E-state index in [9.17, 15) is 27.6 Å². The van der Waals surface area contributed by atoms with Gasteiger partial charge in [0.1, 0.15) is 6.04 Å². The summed E-state index contributed by atoms with van der Waals surface area (Å²) >= 11 is 5.62. The predicted octanol–water partition coefficient (Wildman–Crippen LogP) is 5.01. The van der Waals surface area contributed by atoms with Gasteiger partial charge in [-0.2, -0.15) is 13.2 Å². The maximum atomic E-state index is 13.1. The van der Waals surface area contributed by atoms with Gasteiger partial charge in [-0.05, 0) is 36.2 Å². The molecule has 0 saturated carbocycles. The highest BCUT2D eigenvalue weighted by Gasteiger charge is 2.44. The highest BCUT2D eigenvalue weighted by Crippen LogP contribution is 2.36. The van der Waals surface area contributed by atoms with E-state index in [1.54, 1.807) is 26.0 Å². The number of halogens is 4. The van der Waals surface area contributed by atoms with Crippen molar-refractivity contribution < 1.29 is 27.6 Å². The maximum absolute atomic E-state index is 13.1. The monoisotopic (exact) mass is 438 g/mol. The van der Waals surface area contributed by atoms with Gasteiger partial charge in [-0.25, -0.2) is 0 Å². The van der Waals surface area contributed by atoms with Gasteiger partial charge in [0.2, 0.25) is 5.91 Å². The molecule has 3 rings (SSSR count). The quantitative estimate of drug-likeness (QED) is 0.667. The fourth-order valence-corrected chi connectivity index (χ4v) is 3.58. The molecule has 1 aliphatic heterocycles. The molecule has 1 N–H and O–H groups in total. The van der Waals surface area contributed by atoms with Crippen LogP contribution in [0, 0.1) is 5.92 Å². The van der Waals surface area contributed by atoms with E-state index >= 15 is 0 Å². The number of rotatable bonds is 5. The second-order valence-electron chi connectivity index (χ2n) is 7.04. The Kier molecular flexibility index (Phi) is 5.90. The molecular formula is C21H18ClF3N2O3. The molecule has 2 aromatic rings. The van der Waals surface area contributed by atoms with E-state index in [0.29, 0.717) is 6.42 Å². The lowest BCUT2D eigenvalue weighted by molar-refractivity contribution is -0.137. The predicted molar refractivity (Wildman–Crippen MR) is 105 cm³/mol. The third-order valence-corrected chi connectivity index (χ3v) is 5.42. The average Bonchev–Trinajstić information content (AvgIpc) is 2.94. The largest absolute Gasteiger partial charge is 0.417 e. The van der Waals surface area contributed by atoms with E-state index in [1.807, 2.05) is 0 Å². The van der Waals surface area contributed by atoms with Crippen LogP contribution < -0.4 is 5.32 Å². The third kappa shape index (κ3) is 3.92. The van der Waals surface area contributed by atoms with Crippen molar-refractivity contribution in [3.63, 3.8) is 0 Å². The van der Waals surface area contributed by atoms with Crippen LogP contribution in [0.25, 0.3) is 0 Å². The number of fused-ring (bicyclic) bond motifs is 1. The van der Waals surface area contributed by atoms with Crippen molar-refractivity contribution in [3.05, 3.63) is 64.2 Å². The van der Waals surface area contributed by atoms with Gasteiger partial charge in [0, 0.05) is 5.69 Å². The van der Waals surface area contributed by atoms with E-state index in [0.717, 1.165) is 17.0 Å². The molecule has 30 heavy (non-hydrogen) atoms. The summed E-state index contributed by atoms with van der Waals surface area (Å²) in [6, 6.07) is 8.00. The fraction of sp³-hybridized carbons (Fsp3) is 0.286. The molecule has 1 heterocycles. The minimum atomic E-state index is -4.70. The van der Waals surface area contributed by atoms with Gasteiger partial charge >= 0.3 is 6.18 Å². The Morgan fingerprint density at radius 1 is 1.10 bits per heavy atom. The van der Waals surface area contributed by atoms with Crippen LogP contribution in [0.15, 0.2) is 42.5 Å². The van der Waals surface area contributed by atoms with Crippen LogP contribution in [0.1, 0.15) is 46.5 Å². The smallest absolute Gasteiger partial charge is 0.324 e. The average molecular weight is 439 g/mol. The lowest BCUT2D eigenvalue weighted by Gasteiger charge is -2.29. The van der Waals surface area contributed by atoms with Crippen LogP contribution in [0.3, 0.4) is 0 Å². The van der Waals surface area contributed by atoms with Crippen molar-refractivity contribution in [1.82, 2.24) is 4.90 Å². The number of benzene rings is 2. The van der Waals surface area contributed by atoms with Crippen LogP contribution in [-0.4, -0.2) is 28.7 Å². The lowest BCUT2D eigenvalue weighted by Crippen LogP contribution is -2.50. The van der Waals surface area contributed by atoms with Gasteiger partial charge in [0.25, 0.3) is 11.8 Å². The summed E-state index contributed by atoms with van der Waals surface area (Å²) in [5.74, 6) is -2.40. The molecule has 1 aliphatic rings. The number of nitrogens with zero attached hydrogens (tertiary/aromatic N) is 1. The molecule has 0 aromatic heterocycles. The van der Waals surface area contributed by atoms with Crippen molar-refractivity contribution in [2.24, 2.45) is 5.92 Å². The van der Waals surface area contributed by atoms with E-state index < -0.39 is 46.4 Å². The number of imide groups is 1. The molecular weight excluding hydrogens is 421 g/mol. The second kappa shape index (κ2) is 8.10. The topological polar surface area (TPSA) is 66.5 Å². The summed E-state index contributed by atoms with van der Waals surface area (Å²) < 4.78 is 39.3. The fourth-order valence-electron chi connectivity index (χ4n) is 3.35. The van der Waals surface area contributed by atoms with Crippen molar-refractivity contribution in [2.75, 3.05) is 5.32 Å². The summed E-state index contributed by atoms with van der Waals surface area (Å²) in [6.07, 6.45) is -4.24. The molecule has 0 fully saturated rings. The summed E-state index contributed by atoms with van der Waals surface area (Å²) in [4.78, 5) is 39.5. The molecule has 0 spiro atoms. The number of anilines is 1. The Balaban J connectivity index is 1.94. The van der Waals surface area contributed by atoms with Crippen molar-refractivity contribution in [2.45, 2.75) is 32.5 Å². The first-order chi connectivity index (χ1) is 14.1. The molecule has 0 unspecified atom stereocenters. The highest BCUT2D eigenvalue weighted by molar-refractivity contribution is 6.31. The third-order valence-electron chi connectivity index (χ3n) is 5.09. The molecule has 0 radical (unpaired) electrons. The number of hydrogen-bond donors (Lipinski definition) is 1. The van der Waals surface area contributed by atoms with Gasteiger partial charge in [-0.3, -0.25) is 19.3 Å². The lowest BCUT2D eigenvalue weighted by atomic mass is 9.96. The molecule has 5 nitrogen and oxygen atoms in total. The standard InChI is InChI=1S/C21H18ClF3N2O3/c1-3-11(2)17(27-19(29)13-6-4-5-7-14(13)20(27)30)18(28)26-12-8-9-16(22)15(10-12)21(23,24)25/h4-11,17H,3H2,1-2H3,(H,26,28)/t11-,17+/m1/s1. The first-order valence-corrected chi connectivity index (χ1v) is 9.58. The highest BCUT2D eigenvalue weighted by atomic mass is 35.5. The zero-order valence-electron chi connectivity index (χ0n) is 16.1. The van der Waals surface area contributed by atoms with Gasteiger partial charge in [-0.15, -0.1) is 0 Å². The zero-order chi connectivity index (χ0) is 22.2. The van der Waals surface area contributed by atoms with E-state index in [-0.39, 0.29) is 16.8 Å². The summed E-state index contributed by atoms with van der Waals surface area (Å²) in [7, 11) is 0. The number of hydrogen-bond acceptors (Lipinski definition) is 3.